The first-order chi connectivity index (χ1) is 18.2. The van der Waals surface area contributed by atoms with Gasteiger partial charge >= 0.3 is 6.09 Å². The minimum atomic E-state index is -1.15. The monoisotopic (exact) mass is 523 g/mol. The van der Waals surface area contributed by atoms with Gasteiger partial charge in [-0.25, -0.2) is 13.6 Å². The molecular formula is C29H31F2N3O4. The molecule has 0 aromatic heterocycles. The van der Waals surface area contributed by atoms with Crippen molar-refractivity contribution < 1.29 is 28.2 Å². The molecule has 3 aromatic rings. The Labute approximate surface area is 220 Å². The van der Waals surface area contributed by atoms with Crippen molar-refractivity contribution >= 4 is 17.7 Å². The van der Waals surface area contributed by atoms with E-state index in [1.807, 2.05) is 31.2 Å². The molecule has 3 N–H and O–H groups in total. The van der Waals surface area contributed by atoms with Crippen LogP contribution < -0.4 is 10.6 Å². The van der Waals surface area contributed by atoms with E-state index >= 15 is 0 Å². The van der Waals surface area contributed by atoms with Crippen molar-refractivity contribution in [3.8, 4) is 0 Å². The van der Waals surface area contributed by atoms with Crippen LogP contribution in [0.4, 0.5) is 19.3 Å². The number of nitrogens with two attached hydrogens (primary N) is 1. The van der Waals surface area contributed by atoms with Crippen molar-refractivity contribution in [1.82, 2.24) is 4.90 Å². The maximum Gasteiger partial charge on any atom is 0.414 e. The van der Waals surface area contributed by atoms with Crippen molar-refractivity contribution in [2.45, 2.75) is 38.5 Å². The third-order valence-corrected chi connectivity index (χ3v) is 6.54. The zero-order valence-corrected chi connectivity index (χ0v) is 21.1. The molecule has 200 valence electrons. The third kappa shape index (κ3) is 6.73. The lowest BCUT2D eigenvalue weighted by Gasteiger charge is -2.29. The van der Waals surface area contributed by atoms with Crippen LogP contribution in [0.1, 0.15) is 34.0 Å². The van der Waals surface area contributed by atoms with E-state index in [2.05, 4.69) is 0 Å². The summed E-state index contributed by atoms with van der Waals surface area (Å²) in [5.41, 5.74) is 9.52. The van der Waals surface area contributed by atoms with Crippen molar-refractivity contribution in [3.05, 3.63) is 101 Å². The molecule has 2 atom stereocenters. The Morgan fingerprint density at radius 2 is 1.74 bits per heavy atom. The van der Waals surface area contributed by atoms with Crippen LogP contribution >= 0.6 is 0 Å². The summed E-state index contributed by atoms with van der Waals surface area (Å²) in [6.45, 7) is 2.92. The molecule has 2 amide bonds. The van der Waals surface area contributed by atoms with E-state index in [1.165, 1.54) is 21.9 Å². The summed E-state index contributed by atoms with van der Waals surface area (Å²) < 4.78 is 32.2. The number of hydrogen-bond donors (Lipinski definition) is 2. The third-order valence-electron chi connectivity index (χ3n) is 6.54. The van der Waals surface area contributed by atoms with Crippen LogP contribution in [-0.2, 0) is 24.1 Å². The Kier molecular flexibility index (Phi) is 8.70. The van der Waals surface area contributed by atoms with Gasteiger partial charge in [-0.1, -0.05) is 31.2 Å². The highest BCUT2D eigenvalue weighted by Crippen LogP contribution is 2.21. The number of anilines is 1. The fourth-order valence-corrected chi connectivity index (χ4v) is 4.48. The quantitative estimate of drug-likeness (QED) is 0.418. The summed E-state index contributed by atoms with van der Waals surface area (Å²) in [5.74, 6) is -1.77. The van der Waals surface area contributed by atoms with Gasteiger partial charge in [-0.3, -0.25) is 9.69 Å². The number of rotatable bonds is 10. The van der Waals surface area contributed by atoms with Gasteiger partial charge in [0.15, 0.2) is 0 Å². The minimum absolute atomic E-state index is 0.0316. The van der Waals surface area contributed by atoms with E-state index in [4.69, 9.17) is 10.5 Å². The van der Waals surface area contributed by atoms with Gasteiger partial charge in [0.05, 0.1) is 12.6 Å². The van der Waals surface area contributed by atoms with E-state index in [9.17, 15) is 23.5 Å². The molecule has 3 aromatic carbocycles. The molecule has 1 aliphatic rings. The smallest absolute Gasteiger partial charge is 0.414 e. The molecule has 7 nitrogen and oxygen atoms in total. The average molecular weight is 524 g/mol. The topological polar surface area (TPSA) is 96.1 Å². The molecule has 1 fully saturated rings. The van der Waals surface area contributed by atoms with Gasteiger partial charge in [0, 0.05) is 36.4 Å². The molecular weight excluding hydrogens is 492 g/mol. The van der Waals surface area contributed by atoms with Gasteiger partial charge in [0.25, 0.3) is 5.91 Å². The number of aryl methyl sites for hydroxylation is 1. The van der Waals surface area contributed by atoms with E-state index < -0.39 is 29.9 Å². The first-order valence-corrected chi connectivity index (χ1v) is 12.5. The second-order valence-electron chi connectivity index (χ2n) is 9.39. The predicted octanol–water partition coefficient (Wildman–Crippen LogP) is 4.06. The van der Waals surface area contributed by atoms with Crippen LogP contribution in [0.25, 0.3) is 0 Å². The fourth-order valence-electron chi connectivity index (χ4n) is 4.48. The van der Waals surface area contributed by atoms with Crippen LogP contribution in [0.15, 0.2) is 66.7 Å². The van der Waals surface area contributed by atoms with E-state index in [-0.39, 0.29) is 25.4 Å². The number of carbonyl (C=O) groups excluding carboxylic acids is 2. The lowest BCUT2D eigenvalue weighted by atomic mass is 10.0. The number of hydrogen-bond acceptors (Lipinski definition) is 5. The van der Waals surface area contributed by atoms with Crippen LogP contribution in [0.3, 0.4) is 0 Å². The second kappa shape index (κ2) is 12.1. The molecule has 4 rings (SSSR count). The second-order valence-corrected chi connectivity index (χ2v) is 9.39. The Morgan fingerprint density at radius 3 is 2.37 bits per heavy atom. The van der Waals surface area contributed by atoms with Crippen molar-refractivity contribution in [1.29, 1.82) is 0 Å². The van der Waals surface area contributed by atoms with Crippen molar-refractivity contribution in [2.75, 3.05) is 24.6 Å². The summed E-state index contributed by atoms with van der Waals surface area (Å²) in [6.07, 6.45) is -0.723. The summed E-state index contributed by atoms with van der Waals surface area (Å²) in [7, 11) is 0. The molecule has 1 aliphatic heterocycles. The van der Waals surface area contributed by atoms with Crippen molar-refractivity contribution in [3.63, 3.8) is 0 Å². The Morgan fingerprint density at radius 1 is 1.05 bits per heavy atom. The lowest BCUT2D eigenvalue weighted by Crippen LogP contribution is -2.46. The van der Waals surface area contributed by atoms with Crippen LogP contribution in [-0.4, -0.2) is 53.8 Å². The lowest BCUT2D eigenvalue weighted by molar-refractivity contribution is 0.0554. The molecule has 0 saturated carbocycles. The number of amides is 2. The zero-order chi connectivity index (χ0) is 27.2. The zero-order valence-electron chi connectivity index (χ0n) is 21.1. The normalized spacial score (nSPS) is 14.8. The SMILES string of the molecule is CCc1cccc(CN(CC(O)C(N)Cc2cc(F)cc(F)c2)C(=O)c2ccc(N3CCOC3=O)cc2)c1. The van der Waals surface area contributed by atoms with Gasteiger partial charge in [-0.2, -0.15) is 0 Å². The number of aliphatic hydroxyl groups is 1. The van der Waals surface area contributed by atoms with E-state index in [0.717, 1.165) is 23.6 Å². The fraction of sp³-hybridized carbons (Fsp3) is 0.310. The number of nitrogens with zero attached hydrogens (tertiary/aromatic N) is 2. The summed E-state index contributed by atoms with van der Waals surface area (Å²) in [6, 6.07) is 16.7. The van der Waals surface area contributed by atoms with Crippen LogP contribution in [0.5, 0.6) is 0 Å². The maximum absolute atomic E-state index is 13.6. The number of cyclic esters (lactones) is 1. The molecule has 2 unspecified atom stereocenters. The van der Waals surface area contributed by atoms with Gasteiger partial charge in [0.2, 0.25) is 0 Å². The summed E-state index contributed by atoms with van der Waals surface area (Å²) >= 11 is 0. The highest BCUT2D eigenvalue weighted by Gasteiger charge is 2.26. The first kappa shape index (κ1) is 27.2. The average Bonchev–Trinajstić information content (AvgIpc) is 3.33. The molecule has 1 saturated heterocycles. The molecule has 1 heterocycles. The number of halogens is 2. The highest BCUT2D eigenvalue weighted by atomic mass is 19.1. The van der Waals surface area contributed by atoms with E-state index in [1.54, 1.807) is 24.3 Å². The van der Waals surface area contributed by atoms with Gasteiger partial charge < -0.3 is 20.5 Å². The number of ether oxygens (including phenoxy) is 1. The standard InChI is InChI=1S/C29H31F2N3O4/c1-2-19-4-3-5-20(12-19)17-33(18-27(35)26(32)15-21-13-23(30)16-24(31)14-21)28(36)22-6-8-25(9-7-22)34-10-11-38-29(34)37/h3-9,12-14,16,26-27,35H,2,10-11,15,17-18,32H2,1H3. The van der Waals surface area contributed by atoms with Gasteiger partial charge in [-0.15, -0.1) is 0 Å². The van der Waals surface area contributed by atoms with Gasteiger partial charge in [-0.05, 0) is 65.9 Å². The molecule has 0 radical (unpaired) electrons. The molecule has 0 bridgehead atoms. The summed E-state index contributed by atoms with van der Waals surface area (Å²) in [4.78, 5) is 28.4. The number of benzene rings is 3. The van der Waals surface area contributed by atoms with Gasteiger partial charge in [0.1, 0.15) is 18.2 Å². The minimum Gasteiger partial charge on any atom is -0.447 e. The summed E-state index contributed by atoms with van der Waals surface area (Å²) in [5, 5.41) is 10.9. The highest BCUT2D eigenvalue weighted by molar-refractivity contribution is 5.95. The van der Waals surface area contributed by atoms with Crippen LogP contribution in [0, 0.1) is 11.6 Å². The van der Waals surface area contributed by atoms with E-state index in [0.29, 0.717) is 30.0 Å². The molecule has 0 spiro atoms. The largest absolute Gasteiger partial charge is 0.447 e. The Hall–Kier alpha value is -3.82. The van der Waals surface area contributed by atoms with Crippen molar-refractivity contribution in [2.24, 2.45) is 5.73 Å². The maximum atomic E-state index is 13.6. The predicted molar refractivity (Wildman–Crippen MR) is 140 cm³/mol. The Bertz CT molecular complexity index is 1260. The number of aliphatic hydroxyl groups excluding tert-OH is 1. The first-order valence-electron chi connectivity index (χ1n) is 12.5. The molecule has 38 heavy (non-hydrogen) atoms. The number of carbonyl (C=O) groups is 2. The molecule has 9 heteroatoms. The van der Waals surface area contributed by atoms with Crippen LogP contribution in [0.2, 0.25) is 0 Å². The molecule has 0 aliphatic carbocycles. The Balaban J connectivity index is 1.53.